The molecule has 0 unspecified atom stereocenters. The summed E-state index contributed by atoms with van der Waals surface area (Å²) in [7, 11) is 0. The van der Waals surface area contributed by atoms with Gasteiger partial charge in [0.2, 0.25) is 0 Å². The molecule has 0 radical (unpaired) electrons. The molecule has 0 atom stereocenters. The minimum atomic E-state index is 0.902. The normalized spacial score (nSPS) is 32.9. The molecular formula is C10H17I. The Kier molecular flexibility index (Phi) is 4.50. The van der Waals surface area contributed by atoms with Gasteiger partial charge >= 0.3 is 0 Å². The van der Waals surface area contributed by atoms with Crippen molar-refractivity contribution in [3.63, 3.8) is 0 Å². The van der Waals surface area contributed by atoms with Crippen molar-refractivity contribution in [1.82, 2.24) is 0 Å². The first kappa shape index (κ1) is 9.56. The van der Waals surface area contributed by atoms with Gasteiger partial charge in [0.15, 0.2) is 0 Å². The summed E-state index contributed by atoms with van der Waals surface area (Å²) >= 11 is 2.52. The fourth-order valence-electron chi connectivity index (χ4n) is 1.81. The van der Waals surface area contributed by atoms with Crippen LogP contribution >= 0.6 is 22.6 Å². The maximum Gasteiger partial charge on any atom is 0.00237 e. The molecule has 64 valence electrons. The zero-order valence-electron chi connectivity index (χ0n) is 7.22. The Balaban J connectivity index is 2.24. The molecule has 0 aromatic carbocycles. The Morgan fingerprint density at radius 2 is 1.91 bits per heavy atom. The van der Waals surface area contributed by atoms with E-state index in [1.165, 1.54) is 30.1 Å². The summed E-state index contributed by atoms with van der Waals surface area (Å²) in [6, 6.07) is 0. The van der Waals surface area contributed by atoms with Crippen LogP contribution in [0.3, 0.4) is 0 Å². The van der Waals surface area contributed by atoms with Gasteiger partial charge in [-0.25, -0.2) is 0 Å². The van der Waals surface area contributed by atoms with Crippen molar-refractivity contribution < 1.29 is 0 Å². The maximum atomic E-state index is 2.52. The minimum absolute atomic E-state index is 0.902. The van der Waals surface area contributed by atoms with Crippen LogP contribution in [-0.4, -0.2) is 4.43 Å². The minimum Gasteiger partial charge on any atom is -0.0914 e. The third-order valence-corrected chi connectivity index (χ3v) is 3.82. The van der Waals surface area contributed by atoms with E-state index >= 15 is 0 Å². The zero-order chi connectivity index (χ0) is 8.10. The largest absolute Gasteiger partial charge is 0.0914 e. The molecule has 0 saturated heterocycles. The third-order valence-electron chi connectivity index (χ3n) is 2.57. The van der Waals surface area contributed by atoms with E-state index in [1.54, 1.807) is 0 Å². The lowest BCUT2D eigenvalue weighted by Crippen LogP contribution is -2.13. The summed E-state index contributed by atoms with van der Waals surface area (Å²) in [5.41, 5.74) is 0. The molecule has 0 aliphatic heterocycles. The van der Waals surface area contributed by atoms with Crippen LogP contribution in [0.4, 0.5) is 0 Å². The first-order chi connectivity index (χ1) is 5.36. The topological polar surface area (TPSA) is 0 Å². The van der Waals surface area contributed by atoms with E-state index in [4.69, 9.17) is 0 Å². The lowest BCUT2D eigenvalue weighted by molar-refractivity contribution is 0.338. The highest BCUT2D eigenvalue weighted by atomic mass is 127. The van der Waals surface area contributed by atoms with Gasteiger partial charge in [0.1, 0.15) is 0 Å². The summed E-state index contributed by atoms with van der Waals surface area (Å²) in [5.74, 6) is 1.93. The number of hydrogen-bond acceptors (Lipinski definition) is 0. The third kappa shape index (κ3) is 3.14. The van der Waals surface area contributed by atoms with Crippen LogP contribution in [0.5, 0.6) is 0 Å². The van der Waals surface area contributed by atoms with Gasteiger partial charge in [-0.3, -0.25) is 0 Å². The predicted octanol–water partition coefficient (Wildman–Crippen LogP) is 3.80. The number of hydrogen-bond donors (Lipinski definition) is 0. The second kappa shape index (κ2) is 5.18. The van der Waals surface area contributed by atoms with E-state index in [0.29, 0.717) is 0 Å². The quantitative estimate of drug-likeness (QED) is 0.404. The first-order valence-corrected chi connectivity index (χ1v) is 6.08. The van der Waals surface area contributed by atoms with Gasteiger partial charge in [-0.15, -0.1) is 0 Å². The first-order valence-electron chi connectivity index (χ1n) is 4.55. The van der Waals surface area contributed by atoms with Crippen LogP contribution in [0, 0.1) is 11.8 Å². The van der Waals surface area contributed by atoms with E-state index in [2.05, 4.69) is 41.7 Å². The molecule has 1 heteroatoms. The van der Waals surface area contributed by atoms with Crippen LogP contribution in [0.25, 0.3) is 0 Å². The number of halogens is 1. The molecule has 0 aromatic heterocycles. The Morgan fingerprint density at radius 3 is 2.36 bits per heavy atom. The van der Waals surface area contributed by atoms with Crippen molar-refractivity contribution in [3.8, 4) is 0 Å². The molecule has 0 heterocycles. The molecule has 1 aliphatic carbocycles. The average molecular weight is 264 g/mol. The lowest BCUT2D eigenvalue weighted by atomic mass is 9.83. The molecule has 0 bridgehead atoms. The summed E-state index contributed by atoms with van der Waals surface area (Å²) in [6.07, 6.45) is 10.4. The standard InChI is InChI=1S/C10H17I/c1-2-3-9-4-6-10(8-11)7-5-9/h2-3,9-10H,4-8H2,1H3. The molecule has 1 saturated carbocycles. The van der Waals surface area contributed by atoms with Crippen molar-refractivity contribution in [2.45, 2.75) is 32.6 Å². The summed E-state index contributed by atoms with van der Waals surface area (Å²) in [5, 5.41) is 0. The second-order valence-electron chi connectivity index (χ2n) is 3.46. The fraction of sp³-hybridized carbons (Fsp3) is 0.800. The molecule has 11 heavy (non-hydrogen) atoms. The molecule has 0 amide bonds. The summed E-state index contributed by atoms with van der Waals surface area (Å²) in [4.78, 5) is 0. The Labute approximate surface area is 83.6 Å². The van der Waals surface area contributed by atoms with Crippen LogP contribution in [0.2, 0.25) is 0 Å². The molecule has 0 spiro atoms. The van der Waals surface area contributed by atoms with E-state index in [9.17, 15) is 0 Å². The lowest BCUT2D eigenvalue weighted by Gasteiger charge is -2.24. The van der Waals surface area contributed by atoms with Crippen molar-refractivity contribution in [3.05, 3.63) is 12.2 Å². The van der Waals surface area contributed by atoms with Crippen molar-refractivity contribution in [2.75, 3.05) is 4.43 Å². The monoisotopic (exact) mass is 264 g/mol. The van der Waals surface area contributed by atoms with Gasteiger partial charge < -0.3 is 0 Å². The van der Waals surface area contributed by atoms with E-state index in [-0.39, 0.29) is 0 Å². The molecule has 1 rings (SSSR count). The molecule has 1 fully saturated rings. The van der Waals surface area contributed by atoms with Crippen LogP contribution < -0.4 is 0 Å². The van der Waals surface area contributed by atoms with E-state index in [0.717, 1.165) is 11.8 Å². The van der Waals surface area contributed by atoms with Crippen LogP contribution in [-0.2, 0) is 0 Å². The highest BCUT2D eigenvalue weighted by molar-refractivity contribution is 14.1. The van der Waals surface area contributed by atoms with Gasteiger partial charge in [0.25, 0.3) is 0 Å². The smallest absolute Gasteiger partial charge is 0.00237 e. The molecule has 0 nitrogen and oxygen atoms in total. The summed E-state index contributed by atoms with van der Waals surface area (Å²) < 4.78 is 1.36. The fourth-order valence-corrected chi connectivity index (χ4v) is 2.69. The highest BCUT2D eigenvalue weighted by Gasteiger charge is 2.17. The van der Waals surface area contributed by atoms with Gasteiger partial charge in [-0.2, -0.15) is 0 Å². The molecule has 1 aliphatic rings. The molecule has 0 N–H and O–H groups in total. The zero-order valence-corrected chi connectivity index (χ0v) is 9.38. The Bertz CT molecular complexity index is 121. The van der Waals surface area contributed by atoms with Crippen molar-refractivity contribution >= 4 is 22.6 Å². The Hall–Kier alpha value is 0.470. The Morgan fingerprint density at radius 1 is 1.27 bits per heavy atom. The SMILES string of the molecule is CC=CC1CCC(CI)CC1. The average Bonchev–Trinajstić information content (AvgIpc) is 2.07. The van der Waals surface area contributed by atoms with Crippen LogP contribution in [0.15, 0.2) is 12.2 Å². The van der Waals surface area contributed by atoms with Crippen molar-refractivity contribution in [1.29, 1.82) is 0 Å². The maximum absolute atomic E-state index is 2.52. The number of rotatable bonds is 2. The van der Waals surface area contributed by atoms with Crippen molar-refractivity contribution in [2.24, 2.45) is 11.8 Å². The van der Waals surface area contributed by atoms with Gasteiger partial charge in [0, 0.05) is 4.43 Å². The number of alkyl halides is 1. The highest BCUT2D eigenvalue weighted by Crippen LogP contribution is 2.30. The summed E-state index contributed by atoms with van der Waals surface area (Å²) in [6.45, 7) is 2.13. The predicted molar refractivity (Wildman–Crippen MR) is 59.1 cm³/mol. The molecular weight excluding hydrogens is 247 g/mol. The van der Waals surface area contributed by atoms with E-state index < -0.39 is 0 Å². The van der Waals surface area contributed by atoms with Crippen LogP contribution in [0.1, 0.15) is 32.6 Å². The van der Waals surface area contributed by atoms with Gasteiger partial charge in [0.05, 0.1) is 0 Å². The molecule has 0 aromatic rings. The van der Waals surface area contributed by atoms with E-state index in [1.807, 2.05) is 0 Å². The second-order valence-corrected chi connectivity index (χ2v) is 4.34. The van der Waals surface area contributed by atoms with Gasteiger partial charge in [-0.05, 0) is 44.4 Å². The van der Waals surface area contributed by atoms with Gasteiger partial charge in [-0.1, -0.05) is 34.7 Å². The number of allylic oxidation sites excluding steroid dienone is 2.